The minimum absolute atomic E-state index is 0.0637. The van der Waals surface area contributed by atoms with Crippen LogP contribution in [0.25, 0.3) is 0 Å². The zero-order valence-electron chi connectivity index (χ0n) is 33.3. The minimum Gasteiger partial charge on any atom is -0.493 e. The molecular formula is C45H57NO10. The summed E-state index contributed by atoms with van der Waals surface area (Å²) >= 11 is 0. The minimum atomic E-state index is -0.721. The average molecular weight is 772 g/mol. The number of nitrogens with zero attached hydrogens (tertiary/aromatic N) is 1. The molecule has 1 saturated heterocycles. The lowest BCUT2D eigenvalue weighted by atomic mass is 9.75. The maximum Gasteiger partial charge on any atom is 0.329 e. The SMILES string of the molecule is COc1ccc(CC[C@H]2OC(=O)[C@@H]3CCCCN3C(=O)[C@@H](C3CCCCC3)c3cc(OC)c(OC)c(c3)OCCOC/C=C\COc3cccc2c3)cc1OC. The van der Waals surface area contributed by atoms with Gasteiger partial charge in [-0.05, 0) is 110 Å². The maximum absolute atomic E-state index is 15.1. The molecule has 1 aliphatic carbocycles. The first kappa shape index (κ1) is 40.8. The van der Waals surface area contributed by atoms with Gasteiger partial charge in [-0.25, -0.2) is 4.79 Å². The van der Waals surface area contributed by atoms with E-state index < -0.39 is 24.0 Å². The molecule has 3 aromatic carbocycles. The van der Waals surface area contributed by atoms with Gasteiger partial charge in [-0.2, -0.15) is 0 Å². The van der Waals surface area contributed by atoms with Crippen LogP contribution in [0.3, 0.4) is 0 Å². The van der Waals surface area contributed by atoms with Crippen LogP contribution >= 0.6 is 0 Å². The molecule has 0 N–H and O–H groups in total. The number of benzene rings is 3. The number of cyclic esters (lactones) is 1. The molecule has 6 rings (SSSR count). The quantitative estimate of drug-likeness (QED) is 0.165. The topological polar surface area (TPSA) is 111 Å². The van der Waals surface area contributed by atoms with Crippen molar-refractivity contribution >= 4 is 11.9 Å². The number of carbonyl (C=O) groups excluding carboxylic acids is 2. The summed E-state index contributed by atoms with van der Waals surface area (Å²) in [6, 6.07) is 16.6. The van der Waals surface area contributed by atoms with E-state index in [1.54, 1.807) is 33.3 Å². The molecular weight excluding hydrogens is 714 g/mol. The fourth-order valence-corrected chi connectivity index (χ4v) is 8.23. The van der Waals surface area contributed by atoms with Crippen LogP contribution in [0, 0.1) is 5.92 Å². The third-order valence-corrected chi connectivity index (χ3v) is 11.1. The van der Waals surface area contributed by atoms with E-state index in [9.17, 15) is 4.79 Å². The van der Waals surface area contributed by atoms with E-state index in [1.165, 1.54) is 0 Å². The third kappa shape index (κ3) is 10.1. The van der Waals surface area contributed by atoms with Crippen molar-refractivity contribution in [2.75, 3.05) is 61.4 Å². The number of amides is 1. The number of hydrogen-bond acceptors (Lipinski definition) is 10. The second-order valence-electron chi connectivity index (χ2n) is 14.6. The number of piperidine rings is 1. The van der Waals surface area contributed by atoms with Gasteiger partial charge in [-0.1, -0.05) is 43.5 Å². The van der Waals surface area contributed by atoms with Crippen LogP contribution < -0.4 is 28.4 Å². The van der Waals surface area contributed by atoms with Gasteiger partial charge in [0, 0.05) is 6.54 Å². The Morgan fingerprint density at radius 1 is 0.714 bits per heavy atom. The number of methoxy groups -OCH3 is 4. The Bertz CT molecular complexity index is 1790. The summed E-state index contributed by atoms with van der Waals surface area (Å²) in [4.78, 5) is 31.4. The molecule has 2 fully saturated rings. The van der Waals surface area contributed by atoms with Crippen molar-refractivity contribution in [3.05, 3.63) is 83.4 Å². The van der Waals surface area contributed by atoms with Crippen molar-refractivity contribution in [1.82, 2.24) is 4.90 Å². The van der Waals surface area contributed by atoms with Crippen LogP contribution in [-0.4, -0.2) is 84.2 Å². The van der Waals surface area contributed by atoms with Gasteiger partial charge in [0.25, 0.3) is 0 Å². The number of carbonyl (C=O) groups is 2. The van der Waals surface area contributed by atoms with Gasteiger partial charge in [-0.3, -0.25) is 4.79 Å². The van der Waals surface area contributed by atoms with Crippen molar-refractivity contribution in [1.29, 1.82) is 0 Å². The van der Waals surface area contributed by atoms with E-state index >= 15 is 4.79 Å². The van der Waals surface area contributed by atoms with Gasteiger partial charge in [0.05, 0.1) is 47.6 Å². The second-order valence-corrected chi connectivity index (χ2v) is 14.6. The molecule has 0 radical (unpaired) electrons. The number of ether oxygens (including phenoxy) is 8. The van der Waals surface area contributed by atoms with Crippen molar-refractivity contribution in [3.8, 4) is 34.5 Å². The largest absolute Gasteiger partial charge is 0.493 e. The first-order chi connectivity index (χ1) is 27.4. The Hall–Kier alpha value is -4.90. The Labute approximate surface area is 331 Å². The van der Waals surface area contributed by atoms with Crippen LogP contribution in [0.4, 0.5) is 0 Å². The maximum atomic E-state index is 15.1. The van der Waals surface area contributed by atoms with Crippen molar-refractivity contribution < 1.29 is 47.5 Å². The standard InChI is InChI=1S/C45H57NO10/c1-49-38-21-19-31(27-39(38)50-2)18-20-37-33-15-12-16-35(28-33)54-24-11-10-23-53-25-26-55-41-30-34(29-40(51-3)43(41)52-4)42(32-13-6-5-7-14-32)44(47)46-22-9-8-17-36(46)45(48)56-37/h10-12,15-16,19,21,27-30,32,36-37,42H,5-9,13-14,17-18,20,22-26H2,1-4H3/b11-10-/t36-,37+,42-/m0/s1. The molecule has 1 amide bonds. The van der Waals surface area contributed by atoms with E-state index in [2.05, 4.69) is 0 Å². The highest BCUT2D eigenvalue weighted by molar-refractivity contribution is 5.89. The highest BCUT2D eigenvalue weighted by atomic mass is 16.6. The van der Waals surface area contributed by atoms with Crippen molar-refractivity contribution in [2.45, 2.75) is 82.3 Å². The van der Waals surface area contributed by atoms with Crippen molar-refractivity contribution in [3.63, 3.8) is 0 Å². The predicted molar refractivity (Wildman–Crippen MR) is 212 cm³/mol. The monoisotopic (exact) mass is 771 g/mol. The van der Waals surface area contributed by atoms with Gasteiger partial charge in [0.2, 0.25) is 11.7 Å². The predicted octanol–water partition coefficient (Wildman–Crippen LogP) is 8.03. The molecule has 11 nitrogen and oxygen atoms in total. The van der Waals surface area contributed by atoms with Crippen LogP contribution in [0.5, 0.6) is 34.5 Å². The van der Waals surface area contributed by atoms with Gasteiger partial charge in [0.15, 0.2) is 23.0 Å². The van der Waals surface area contributed by atoms with Gasteiger partial charge in [0.1, 0.15) is 31.1 Å². The Kier molecular flexibility index (Phi) is 14.8. The normalized spacial score (nSPS) is 22.1. The number of esters is 1. The smallest absolute Gasteiger partial charge is 0.329 e. The molecule has 0 spiro atoms. The van der Waals surface area contributed by atoms with Crippen LogP contribution in [0.15, 0.2) is 66.7 Å². The number of aryl methyl sites for hydroxylation is 1. The molecule has 11 heteroatoms. The summed E-state index contributed by atoms with van der Waals surface area (Å²) in [6.45, 7) is 1.82. The van der Waals surface area contributed by atoms with E-state index in [0.29, 0.717) is 80.1 Å². The van der Waals surface area contributed by atoms with Gasteiger partial charge in [-0.15, -0.1) is 0 Å². The highest BCUT2D eigenvalue weighted by Crippen LogP contribution is 2.45. The lowest BCUT2D eigenvalue weighted by Gasteiger charge is -2.40. The summed E-state index contributed by atoms with van der Waals surface area (Å²) in [5.41, 5.74) is 2.62. The van der Waals surface area contributed by atoms with E-state index in [0.717, 1.165) is 61.6 Å². The molecule has 0 unspecified atom stereocenters. The number of rotatable bonds is 8. The van der Waals surface area contributed by atoms with Crippen LogP contribution in [0.1, 0.15) is 86.5 Å². The van der Waals surface area contributed by atoms with Crippen LogP contribution in [0.2, 0.25) is 0 Å². The van der Waals surface area contributed by atoms with Crippen molar-refractivity contribution in [2.24, 2.45) is 5.92 Å². The molecule has 0 aromatic heterocycles. The molecule has 56 heavy (non-hydrogen) atoms. The molecule has 4 bridgehead atoms. The summed E-state index contributed by atoms with van der Waals surface area (Å²) < 4.78 is 47.2. The molecule has 3 atom stereocenters. The molecule has 302 valence electrons. The number of fused-ring (bicyclic) bond motifs is 5. The summed E-state index contributed by atoms with van der Waals surface area (Å²) in [6.07, 6.45) is 11.6. The van der Waals surface area contributed by atoms with E-state index in [-0.39, 0.29) is 18.4 Å². The fourth-order valence-electron chi connectivity index (χ4n) is 8.23. The second kappa shape index (κ2) is 20.3. The third-order valence-electron chi connectivity index (χ3n) is 11.1. The van der Waals surface area contributed by atoms with Crippen LogP contribution in [-0.2, 0) is 25.5 Å². The Morgan fingerprint density at radius 3 is 2.29 bits per heavy atom. The fraction of sp³-hybridized carbons (Fsp3) is 0.511. The first-order valence-electron chi connectivity index (χ1n) is 20.0. The Balaban J connectivity index is 1.36. The molecule has 1 saturated carbocycles. The lowest BCUT2D eigenvalue weighted by Crippen LogP contribution is -2.51. The van der Waals surface area contributed by atoms with E-state index in [4.69, 9.17) is 37.9 Å². The summed E-state index contributed by atoms with van der Waals surface area (Å²) in [7, 11) is 6.39. The lowest BCUT2D eigenvalue weighted by molar-refractivity contribution is -0.163. The highest BCUT2D eigenvalue weighted by Gasteiger charge is 2.41. The molecule has 3 aromatic rings. The number of hydrogen-bond donors (Lipinski definition) is 0. The molecule has 3 aliphatic rings. The zero-order valence-corrected chi connectivity index (χ0v) is 33.3. The first-order valence-corrected chi connectivity index (χ1v) is 20.0. The molecule has 2 aliphatic heterocycles. The molecule has 2 heterocycles. The summed E-state index contributed by atoms with van der Waals surface area (Å²) in [5.74, 6) is 2.50. The van der Waals surface area contributed by atoms with Gasteiger partial charge < -0.3 is 42.8 Å². The summed E-state index contributed by atoms with van der Waals surface area (Å²) in [5, 5.41) is 0. The van der Waals surface area contributed by atoms with Gasteiger partial charge >= 0.3 is 5.97 Å². The van der Waals surface area contributed by atoms with E-state index in [1.807, 2.05) is 66.7 Å². The Morgan fingerprint density at radius 2 is 1.50 bits per heavy atom. The zero-order chi connectivity index (χ0) is 39.3. The average Bonchev–Trinajstić information content (AvgIpc) is 3.24.